The molecule has 0 aliphatic carbocycles. The molecule has 0 fully saturated rings. The second-order valence-electron chi connectivity index (χ2n) is 4.78. The van der Waals surface area contributed by atoms with Crippen LogP contribution in [0.25, 0.3) is 22.4 Å². The number of benzene rings is 1. The van der Waals surface area contributed by atoms with Crippen molar-refractivity contribution in [3.63, 3.8) is 0 Å². The Morgan fingerprint density at radius 1 is 1.23 bits per heavy atom. The molecule has 0 unspecified atom stereocenters. The molecule has 1 aromatic carbocycles. The summed E-state index contributed by atoms with van der Waals surface area (Å²) in [4.78, 5) is 19.1. The van der Waals surface area contributed by atoms with Crippen LogP contribution in [0.4, 0.5) is 5.82 Å². The third-order valence-electron chi connectivity index (χ3n) is 3.20. The first-order valence-electron chi connectivity index (χ1n) is 6.50. The molecule has 0 bridgehead atoms. The van der Waals surface area contributed by atoms with Crippen LogP contribution in [0, 0.1) is 0 Å². The standard InChI is InChI=1S/C15H13N5O2/c1-20-8-11(6-18-20)9-3-2-4-10(5-9)12-7-17-14(16)13(19-12)15(21)22/h2-8H,1H3,(H2,16,17)(H,21,22). The number of anilines is 1. The third-order valence-corrected chi connectivity index (χ3v) is 3.20. The first-order chi connectivity index (χ1) is 10.5. The molecule has 22 heavy (non-hydrogen) atoms. The number of carboxylic acids is 1. The smallest absolute Gasteiger partial charge is 0.358 e. The first kappa shape index (κ1) is 13.7. The highest BCUT2D eigenvalue weighted by molar-refractivity contribution is 5.91. The number of carboxylic acid groups (broad SMARTS) is 1. The summed E-state index contributed by atoms with van der Waals surface area (Å²) in [5, 5.41) is 13.2. The molecule has 0 aliphatic rings. The summed E-state index contributed by atoms with van der Waals surface area (Å²) in [5.74, 6) is -1.30. The van der Waals surface area contributed by atoms with Crippen molar-refractivity contribution in [2.24, 2.45) is 7.05 Å². The number of aromatic carboxylic acids is 1. The van der Waals surface area contributed by atoms with Gasteiger partial charge >= 0.3 is 5.97 Å². The van der Waals surface area contributed by atoms with Gasteiger partial charge in [-0.3, -0.25) is 4.68 Å². The first-order valence-corrected chi connectivity index (χ1v) is 6.50. The fraction of sp³-hybridized carbons (Fsp3) is 0.0667. The van der Waals surface area contributed by atoms with Crippen molar-refractivity contribution in [2.45, 2.75) is 0 Å². The monoisotopic (exact) mass is 295 g/mol. The van der Waals surface area contributed by atoms with Gasteiger partial charge in [-0.2, -0.15) is 5.10 Å². The predicted molar refractivity (Wildman–Crippen MR) is 81.0 cm³/mol. The van der Waals surface area contributed by atoms with E-state index in [1.165, 1.54) is 6.20 Å². The van der Waals surface area contributed by atoms with E-state index in [4.69, 9.17) is 10.8 Å². The number of carbonyl (C=O) groups is 1. The Balaban J connectivity index is 2.06. The molecular weight excluding hydrogens is 282 g/mol. The second-order valence-corrected chi connectivity index (χ2v) is 4.78. The fourth-order valence-corrected chi connectivity index (χ4v) is 2.12. The zero-order valence-corrected chi connectivity index (χ0v) is 11.8. The van der Waals surface area contributed by atoms with Gasteiger partial charge in [0, 0.05) is 24.4 Å². The summed E-state index contributed by atoms with van der Waals surface area (Å²) in [6.07, 6.45) is 5.12. The van der Waals surface area contributed by atoms with E-state index in [1.807, 2.05) is 37.5 Å². The molecule has 2 heterocycles. The third kappa shape index (κ3) is 2.51. The van der Waals surface area contributed by atoms with Gasteiger partial charge in [0.15, 0.2) is 11.5 Å². The van der Waals surface area contributed by atoms with Crippen molar-refractivity contribution in [2.75, 3.05) is 5.73 Å². The van der Waals surface area contributed by atoms with E-state index in [9.17, 15) is 4.79 Å². The van der Waals surface area contributed by atoms with Gasteiger partial charge < -0.3 is 10.8 Å². The average Bonchev–Trinajstić information content (AvgIpc) is 2.94. The number of hydrogen-bond donors (Lipinski definition) is 2. The number of aromatic nitrogens is 4. The van der Waals surface area contributed by atoms with E-state index in [0.29, 0.717) is 5.69 Å². The van der Waals surface area contributed by atoms with Crippen molar-refractivity contribution >= 4 is 11.8 Å². The molecule has 0 saturated carbocycles. The van der Waals surface area contributed by atoms with Crippen molar-refractivity contribution in [1.29, 1.82) is 0 Å². The Morgan fingerprint density at radius 3 is 2.68 bits per heavy atom. The number of nitrogens with two attached hydrogens (primary N) is 1. The van der Waals surface area contributed by atoms with Gasteiger partial charge in [0.25, 0.3) is 0 Å². The Bertz CT molecular complexity index is 857. The molecule has 0 spiro atoms. The maximum atomic E-state index is 11.1. The van der Waals surface area contributed by atoms with Crippen LogP contribution in [0.5, 0.6) is 0 Å². The van der Waals surface area contributed by atoms with Crippen LogP contribution in [-0.4, -0.2) is 30.8 Å². The minimum atomic E-state index is -1.20. The number of aryl methyl sites for hydroxylation is 1. The van der Waals surface area contributed by atoms with E-state index in [2.05, 4.69) is 15.1 Å². The van der Waals surface area contributed by atoms with Crippen molar-refractivity contribution < 1.29 is 9.90 Å². The highest BCUT2D eigenvalue weighted by Crippen LogP contribution is 2.25. The Labute approximate surface area is 126 Å². The Morgan fingerprint density at radius 2 is 2.00 bits per heavy atom. The summed E-state index contributed by atoms with van der Waals surface area (Å²) < 4.78 is 1.72. The van der Waals surface area contributed by atoms with Gasteiger partial charge in [-0.15, -0.1) is 0 Å². The summed E-state index contributed by atoms with van der Waals surface area (Å²) in [6.45, 7) is 0. The summed E-state index contributed by atoms with van der Waals surface area (Å²) >= 11 is 0. The number of nitrogen functional groups attached to an aromatic ring is 1. The second kappa shape index (κ2) is 5.28. The SMILES string of the molecule is Cn1cc(-c2cccc(-c3cnc(N)c(C(=O)O)n3)c2)cn1. The van der Waals surface area contributed by atoms with Gasteiger partial charge in [0.2, 0.25) is 0 Å². The van der Waals surface area contributed by atoms with Crippen LogP contribution in [0.1, 0.15) is 10.5 Å². The van der Waals surface area contributed by atoms with Gasteiger partial charge in [-0.1, -0.05) is 18.2 Å². The number of hydrogen-bond acceptors (Lipinski definition) is 5. The lowest BCUT2D eigenvalue weighted by atomic mass is 10.0. The molecule has 3 aromatic rings. The normalized spacial score (nSPS) is 10.6. The highest BCUT2D eigenvalue weighted by Gasteiger charge is 2.13. The molecule has 7 heteroatoms. The van der Waals surface area contributed by atoms with Crippen molar-refractivity contribution in [3.8, 4) is 22.4 Å². The molecule has 0 aliphatic heterocycles. The van der Waals surface area contributed by atoms with Gasteiger partial charge in [0.1, 0.15) is 0 Å². The van der Waals surface area contributed by atoms with E-state index < -0.39 is 5.97 Å². The van der Waals surface area contributed by atoms with E-state index >= 15 is 0 Å². The number of nitrogens with zero attached hydrogens (tertiary/aromatic N) is 4. The number of rotatable bonds is 3. The zero-order chi connectivity index (χ0) is 15.7. The van der Waals surface area contributed by atoms with E-state index in [0.717, 1.165) is 16.7 Å². The highest BCUT2D eigenvalue weighted by atomic mass is 16.4. The molecule has 0 radical (unpaired) electrons. The van der Waals surface area contributed by atoms with Crippen LogP contribution < -0.4 is 5.73 Å². The van der Waals surface area contributed by atoms with Crippen LogP contribution in [0.3, 0.4) is 0 Å². The molecule has 0 atom stereocenters. The lowest BCUT2D eigenvalue weighted by Gasteiger charge is -2.05. The van der Waals surface area contributed by atoms with Gasteiger partial charge in [-0.05, 0) is 11.6 Å². The van der Waals surface area contributed by atoms with Crippen LogP contribution in [-0.2, 0) is 7.05 Å². The fourth-order valence-electron chi connectivity index (χ4n) is 2.12. The quantitative estimate of drug-likeness (QED) is 0.763. The van der Waals surface area contributed by atoms with Gasteiger partial charge in [-0.25, -0.2) is 14.8 Å². The molecule has 3 rings (SSSR count). The Kier molecular flexibility index (Phi) is 3.30. The summed E-state index contributed by atoms with van der Waals surface area (Å²) in [5.41, 5.74) is 8.42. The van der Waals surface area contributed by atoms with E-state index in [-0.39, 0.29) is 11.5 Å². The molecule has 0 saturated heterocycles. The molecule has 0 amide bonds. The summed E-state index contributed by atoms with van der Waals surface area (Å²) in [7, 11) is 1.85. The minimum absolute atomic E-state index is 0.0975. The molecule has 110 valence electrons. The van der Waals surface area contributed by atoms with Crippen LogP contribution in [0.2, 0.25) is 0 Å². The van der Waals surface area contributed by atoms with Crippen molar-refractivity contribution in [3.05, 3.63) is 48.5 Å². The van der Waals surface area contributed by atoms with Crippen LogP contribution in [0.15, 0.2) is 42.9 Å². The van der Waals surface area contributed by atoms with Crippen molar-refractivity contribution in [1.82, 2.24) is 19.7 Å². The molecular formula is C15H13N5O2. The predicted octanol–water partition coefficient (Wildman–Crippen LogP) is 1.82. The minimum Gasteiger partial charge on any atom is -0.476 e. The largest absolute Gasteiger partial charge is 0.476 e. The summed E-state index contributed by atoms with van der Waals surface area (Å²) in [6, 6.07) is 7.56. The maximum Gasteiger partial charge on any atom is 0.358 e. The Hall–Kier alpha value is -3.22. The van der Waals surface area contributed by atoms with E-state index in [1.54, 1.807) is 10.9 Å². The molecule has 7 nitrogen and oxygen atoms in total. The maximum absolute atomic E-state index is 11.1. The molecule has 2 aromatic heterocycles. The lowest BCUT2D eigenvalue weighted by molar-refractivity contribution is 0.0691. The van der Waals surface area contributed by atoms with Crippen LogP contribution >= 0.6 is 0 Å². The topological polar surface area (TPSA) is 107 Å². The average molecular weight is 295 g/mol. The lowest BCUT2D eigenvalue weighted by Crippen LogP contribution is -2.08. The molecule has 3 N–H and O–H groups in total. The zero-order valence-electron chi connectivity index (χ0n) is 11.8. The van der Waals surface area contributed by atoms with Gasteiger partial charge in [0.05, 0.1) is 18.1 Å².